The van der Waals surface area contributed by atoms with Gasteiger partial charge < -0.3 is 15.2 Å². The van der Waals surface area contributed by atoms with Gasteiger partial charge in [0.2, 0.25) is 0 Å². The fraction of sp³-hybridized carbons (Fsp3) is 1.00. The molecule has 0 rings (SSSR count). The van der Waals surface area contributed by atoms with E-state index in [1.54, 1.807) is 18.9 Å². The van der Waals surface area contributed by atoms with Crippen molar-refractivity contribution in [2.24, 2.45) is 0 Å². The Hall–Kier alpha value is 0.230. The topological polar surface area (TPSA) is 41.5 Å². The number of rotatable bonds is 7. The Kier molecular flexibility index (Phi) is 8.50. The molecule has 3 nitrogen and oxygen atoms in total. The fourth-order valence-corrected chi connectivity index (χ4v) is 1.20. The van der Waals surface area contributed by atoms with Gasteiger partial charge in [-0.05, 0) is 6.26 Å². The number of aliphatic hydroxyl groups excluding tert-OH is 1. The number of aliphatic hydroxyl groups is 1. The molecule has 0 saturated heterocycles. The fourth-order valence-electron chi connectivity index (χ4n) is 0.694. The molecule has 0 saturated carbocycles. The van der Waals surface area contributed by atoms with Crippen LogP contribution in [0.4, 0.5) is 0 Å². The van der Waals surface area contributed by atoms with Crippen molar-refractivity contribution in [3.63, 3.8) is 0 Å². The molecule has 0 fully saturated rings. The maximum absolute atomic E-state index is 9.22. The van der Waals surface area contributed by atoms with Crippen molar-refractivity contribution in [1.82, 2.24) is 5.32 Å². The van der Waals surface area contributed by atoms with Crippen molar-refractivity contribution >= 4 is 11.8 Å². The van der Waals surface area contributed by atoms with Gasteiger partial charge in [0.05, 0.1) is 12.7 Å². The largest absolute Gasteiger partial charge is 0.391 e. The van der Waals surface area contributed by atoms with Gasteiger partial charge in [-0.1, -0.05) is 0 Å². The van der Waals surface area contributed by atoms with Crippen LogP contribution in [0, 0.1) is 0 Å². The van der Waals surface area contributed by atoms with Crippen molar-refractivity contribution < 1.29 is 9.84 Å². The van der Waals surface area contributed by atoms with Crippen LogP contribution in [0.5, 0.6) is 0 Å². The molecule has 0 spiro atoms. The molecule has 1 unspecified atom stereocenters. The second kappa shape index (κ2) is 8.33. The summed E-state index contributed by atoms with van der Waals surface area (Å²) >= 11 is 1.65. The maximum atomic E-state index is 9.22. The van der Waals surface area contributed by atoms with Gasteiger partial charge in [-0.15, -0.1) is 0 Å². The molecule has 0 amide bonds. The third-order valence-corrected chi connectivity index (χ3v) is 1.94. The van der Waals surface area contributed by atoms with E-state index in [0.29, 0.717) is 13.2 Å². The highest BCUT2D eigenvalue weighted by Crippen LogP contribution is 1.94. The zero-order valence-corrected chi connectivity index (χ0v) is 7.99. The van der Waals surface area contributed by atoms with E-state index in [1.807, 2.05) is 6.26 Å². The molecule has 0 aliphatic rings. The molecule has 2 N–H and O–H groups in total. The molecule has 0 heterocycles. The third-order valence-electron chi connectivity index (χ3n) is 1.22. The lowest BCUT2D eigenvalue weighted by Crippen LogP contribution is -2.30. The Labute approximate surface area is 72.5 Å². The number of thioether (sulfide) groups is 1. The lowest BCUT2D eigenvalue weighted by Gasteiger charge is -2.09. The average molecular weight is 179 g/mol. The Morgan fingerprint density at radius 1 is 1.64 bits per heavy atom. The van der Waals surface area contributed by atoms with Crippen LogP contribution in [0.15, 0.2) is 0 Å². The molecule has 0 aromatic rings. The van der Waals surface area contributed by atoms with Crippen LogP contribution in [0.2, 0.25) is 0 Å². The molecule has 4 heteroatoms. The first-order valence-electron chi connectivity index (χ1n) is 3.68. The van der Waals surface area contributed by atoms with Gasteiger partial charge in [0, 0.05) is 26.0 Å². The first-order valence-corrected chi connectivity index (χ1v) is 5.07. The third kappa shape index (κ3) is 8.13. The molecule has 0 radical (unpaired) electrons. The predicted molar refractivity (Wildman–Crippen MR) is 49.1 cm³/mol. The highest BCUT2D eigenvalue weighted by Gasteiger charge is 2.00. The monoisotopic (exact) mass is 179 g/mol. The van der Waals surface area contributed by atoms with Crippen LogP contribution in [0.1, 0.15) is 0 Å². The first kappa shape index (κ1) is 11.2. The smallest absolute Gasteiger partial charge is 0.0754 e. The van der Waals surface area contributed by atoms with Gasteiger partial charge in [0.1, 0.15) is 0 Å². The van der Waals surface area contributed by atoms with E-state index in [9.17, 15) is 5.11 Å². The number of hydrogen-bond donors (Lipinski definition) is 2. The highest BCUT2D eigenvalue weighted by molar-refractivity contribution is 7.98. The van der Waals surface area contributed by atoms with E-state index in [-0.39, 0.29) is 6.10 Å². The van der Waals surface area contributed by atoms with Gasteiger partial charge in [-0.25, -0.2) is 0 Å². The molecular weight excluding hydrogens is 162 g/mol. The summed E-state index contributed by atoms with van der Waals surface area (Å²) in [5, 5.41) is 12.3. The Balaban J connectivity index is 2.97. The van der Waals surface area contributed by atoms with Gasteiger partial charge in [-0.2, -0.15) is 11.8 Å². The number of ether oxygens (including phenoxy) is 1. The van der Waals surface area contributed by atoms with Crippen molar-refractivity contribution in [1.29, 1.82) is 0 Å². The minimum atomic E-state index is -0.234. The number of hydrogen-bond acceptors (Lipinski definition) is 4. The Bertz CT molecular complexity index is 82.8. The summed E-state index contributed by atoms with van der Waals surface area (Å²) in [6.45, 7) is 2.16. The normalized spacial score (nSPS) is 13.4. The highest BCUT2D eigenvalue weighted by atomic mass is 32.2. The molecule has 0 aromatic heterocycles. The molecule has 0 aromatic carbocycles. The average Bonchev–Trinajstić information content (AvgIpc) is 1.99. The van der Waals surface area contributed by atoms with Crippen molar-refractivity contribution in [2.75, 3.05) is 38.8 Å². The zero-order valence-electron chi connectivity index (χ0n) is 7.17. The van der Waals surface area contributed by atoms with Crippen LogP contribution in [0.3, 0.4) is 0 Å². The van der Waals surface area contributed by atoms with Crippen LogP contribution in [-0.2, 0) is 4.74 Å². The second-order valence-corrected chi connectivity index (χ2v) is 3.22. The minimum Gasteiger partial charge on any atom is -0.391 e. The van der Waals surface area contributed by atoms with E-state index >= 15 is 0 Å². The first-order chi connectivity index (χ1) is 5.31. The van der Waals surface area contributed by atoms with Crippen LogP contribution < -0.4 is 5.32 Å². The van der Waals surface area contributed by atoms with E-state index in [2.05, 4.69) is 5.32 Å². The van der Waals surface area contributed by atoms with Crippen LogP contribution in [-0.4, -0.2) is 50.0 Å². The molecule has 11 heavy (non-hydrogen) atoms. The Morgan fingerprint density at radius 2 is 2.36 bits per heavy atom. The molecular formula is C7H17NO2S. The van der Waals surface area contributed by atoms with E-state index in [4.69, 9.17) is 4.74 Å². The van der Waals surface area contributed by atoms with E-state index in [0.717, 1.165) is 12.3 Å². The Morgan fingerprint density at radius 3 is 2.91 bits per heavy atom. The van der Waals surface area contributed by atoms with Gasteiger partial charge in [-0.3, -0.25) is 0 Å². The summed E-state index contributed by atoms with van der Waals surface area (Å²) in [7, 11) is 1.67. The van der Waals surface area contributed by atoms with Gasteiger partial charge >= 0.3 is 0 Å². The van der Waals surface area contributed by atoms with Gasteiger partial charge in [0.25, 0.3) is 0 Å². The molecule has 68 valence electrons. The minimum absolute atomic E-state index is 0.234. The summed E-state index contributed by atoms with van der Waals surface area (Å²) in [6, 6.07) is 0. The zero-order chi connectivity index (χ0) is 8.53. The summed E-state index contributed by atoms with van der Waals surface area (Å²) < 4.78 is 4.83. The van der Waals surface area contributed by atoms with Gasteiger partial charge in [0.15, 0.2) is 0 Å². The van der Waals surface area contributed by atoms with Crippen LogP contribution >= 0.6 is 11.8 Å². The lowest BCUT2D eigenvalue weighted by atomic mass is 10.4. The van der Waals surface area contributed by atoms with Crippen molar-refractivity contribution in [3.05, 3.63) is 0 Å². The maximum Gasteiger partial charge on any atom is 0.0754 e. The number of methoxy groups -OCH3 is 1. The second-order valence-electron chi connectivity index (χ2n) is 2.31. The summed E-state index contributed by atoms with van der Waals surface area (Å²) in [5.74, 6) is 0.792. The number of nitrogens with one attached hydrogen (secondary N) is 1. The van der Waals surface area contributed by atoms with Crippen LogP contribution in [0.25, 0.3) is 0 Å². The molecule has 0 aliphatic carbocycles. The van der Waals surface area contributed by atoms with Crippen molar-refractivity contribution in [2.45, 2.75) is 6.10 Å². The summed E-state index contributed by atoms with van der Waals surface area (Å²) in [4.78, 5) is 0. The molecule has 0 aliphatic heterocycles. The molecule has 0 bridgehead atoms. The predicted octanol–water partition coefficient (Wildman–Crippen LogP) is -0.0537. The van der Waals surface area contributed by atoms with Crippen molar-refractivity contribution in [3.8, 4) is 0 Å². The summed E-state index contributed by atoms with van der Waals surface area (Å²) in [5.41, 5.74) is 0. The van der Waals surface area contributed by atoms with E-state index in [1.165, 1.54) is 0 Å². The summed E-state index contributed by atoms with van der Waals surface area (Å²) in [6.07, 6.45) is 1.75. The quantitative estimate of drug-likeness (QED) is 0.538. The molecule has 1 atom stereocenters. The lowest BCUT2D eigenvalue weighted by molar-refractivity contribution is 0.175. The SMILES string of the molecule is COCCNCC(O)CSC. The standard InChI is InChI=1S/C7H17NO2S/c1-10-4-3-8-5-7(9)6-11-2/h7-9H,3-6H2,1-2H3. The van der Waals surface area contributed by atoms with E-state index < -0.39 is 0 Å².